The molecule has 0 fully saturated rings. The number of phenols is 1. The van der Waals surface area contributed by atoms with Gasteiger partial charge in [0.25, 0.3) is 5.89 Å². The van der Waals surface area contributed by atoms with Crippen LogP contribution in [0.4, 0.5) is 0 Å². The molecule has 1 N–H and O–H groups in total. The van der Waals surface area contributed by atoms with E-state index in [1.165, 1.54) is 7.11 Å². The summed E-state index contributed by atoms with van der Waals surface area (Å²) in [7, 11) is 5.32. The van der Waals surface area contributed by atoms with Crippen LogP contribution < -0.4 is 4.74 Å². The van der Waals surface area contributed by atoms with Crippen LogP contribution in [0.3, 0.4) is 0 Å². The molecular weight excluding hydrogens is 234 g/mol. The highest BCUT2D eigenvalue weighted by Crippen LogP contribution is 2.35. The van der Waals surface area contributed by atoms with E-state index in [0.29, 0.717) is 23.7 Å². The van der Waals surface area contributed by atoms with Crippen LogP contribution in [-0.4, -0.2) is 41.4 Å². The highest BCUT2D eigenvalue weighted by atomic mass is 16.5. The maximum absolute atomic E-state index is 9.97. The first kappa shape index (κ1) is 12.4. The Morgan fingerprint density at radius 3 is 2.83 bits per heavy atom. The molecule has 1 aromatic heterocycles. The molecule has 96 valence electrons. The van der Waals surface area contributed by atoms with Gasteiger partial charge in [0.1, 0.15) is 0 Å². The summed E-state index contributed by atoms with van der Waals surface area (Å²) in [5.74, 6) is 1.22. The third-order valence-electron chi connectivity index (χ3n) is 2.38. The fourth-order valence-electron chi connectivity index (χ4n) is 1.57. The van der Waals surface area contributed by atoms with E-state index in [2.05, 4.69) is 10.1 Å². The van der Waals surface area contributed by atoms with Crippen LogP contribution in [0.15, 0.2) is 22.7 Å². The highest BCUT2D eigenvalue weighted by molar-refractivity contribution is 5.66. The molecule has 1 heterocycles. The minimum Gasteiger partial charge on any atom is -0.504 e. The largest absolute Gasteiger partial charge is 0.504 e. The molecule has 0 radical (unpaired) electrons. The second-order valence-electron chi connectivity index (χ2n) is 4.11. The number of hydrogen-bond donors (Lipinski definition) is 1. The third-order valence-corrected chi connectivity index (χ3v) is 2.38. The second-order valence-corrected chi connectivity index (χ2v) is 4.11. The standard InChI is InChI=1S/C12H15N3O3/c1-15(2)7-10-13-12(18-14-10)8-5-4-6-9(17-3)11(8)16/h4-6,16H,7H2,1-3H3. The van der Waals surface area contributed by atoms with Crippen LogP contribution in [0.1, 0.15) is 5.82 Å². The zero-order valence-electron chi connectivity index (χ0n) is 10.5. The zero-order chi connectivity index (χ0) is 13.1. The molecule has 0 saturated heterocycles. The summed E-state index contributed by atoms with van der Waals surface area (Å²) >= 11 is 0. The summed E-state index contributed by atoms with van der Waals surface area (Å²) in [5, 5.41) is 13.8. The van der Waals surface area contributed by atoms with E-state index in [1.54, 1.807) is 18.2 Å². The Labute approximate surface area is 105 Å². The van der Waals surface area contributed by atoms with Crippen molar-refractivity contribution in [2.75, 3.05) is 21.2 Å². The Bertz CT molecular complexity index is 537. The number of aromatic nitrogens is 2. The van der Waals surface area contributed by atoms with Gasteiger partial charge in [-0.1, -0.05) is 11.2 Å². The number of para-hydroxylation sites is 1. The van der Waals surface area contributed by atoms with E-state index in [4.69, 9.17) is 9.26 Å². The lowest BCUT2D eigenvalue weighted by Gasteiger charge is -2.05. The zero-order valence-corrected chi connectivity index (χ0v) is 10.5. The normalized spacial score (nSPS) is 10.9. The van der Waals surface area contributed by atoms with Crippen molar-refractivity contribution in [3.63, 3.8) is 0 Å². The Kier molecular flexibility index (Phi) is 3.47. The van der Waals surface area contributed by atoms with E-state index < -0.39 is 0 Å². The maximum Gasteiger partial charge on any atom is 0.261 e. The van der Waals surface area contributed by atoms with Crippen LogP contribution in [0, 0.1) is 0 Å². The van der Waals surface area contributed by atoms with Gasteiger partial charge in [-0.2, -0.15) is 4.98 Å². The highest BCUT2D eigenvalue weighted by Gasteiger charge is 2.15. The summed E-state index contributed by atoms with van der Waals surface area (Å²) < 4.78 is 10.2. The Morgan fingerprint density at radius 2 is 2.17 bits per heavy atom. The molecule has 0 aliphatic carbocycles. The fourth-order valence-corrected chi connectivity index (χ4v) is 1.57. The Morgan fingerprint density at radius 1 is 1.39 bits per heavy atom. The molecule has 6 heteroatoms. The summed E-state index contributed by atoms with van der Waals surface area (Å²) in [6, 6.07) is 5.12. The van der Waals surface area contributed by atoms with Crippen molar-refractivity contribution in [2.24, 2.45) is 0 Å². The van der Waals surface area contributed by atoms with Crippen molar-refractivity contribution in [1.82, 2.24) is 15.0 Å². The average molecular weight is 249 g/mol. The average Bonchev–Trinajstić information content (AvgIpc) is 2.76. The van der Waals surface area contributed by atoms with Gasteiger partial charge in [0.2, 0.25) is 0 Å². The number of methoxy groups -OCH3 is 1. The molecule has 1 aromatic carbocycles. The van der Waals surface area contributed by atoms with Gasteiger partial charge in [0.15, 0.2) is 17.3 Å². The summed E-state index contributed by atoms with van der Waals surface area (Å²) in [6.07, 6.45) is 0. The van der Waals surface area contributed by atoms with Crippen molar-refractivity contribution in [3.05, 3.63) is 24.0 Å². The van der Waals surface area contributed by atoms with Crippen molar-refractivity contribution in [2.45, 2.75) is 6.54 Å². The molecule has 2 aromatic rings. The minimum atomic E-state index is 0.0000491. The van der Waals surface area contributed by atoms with E-state index in [1.807, 2.05) is 19.0 Å². The molecule has 0 saturated carbocycles. The first-order chi connectivity index (χ1) is 8.61. The lowest BCUT2D eigenvalue weighted by atomic mass is 10.2. The van der Waals surface area contributed by atoms with Gasteiger partial charge in [-0.3, -0.25) is 0 Å². The first-order valence-electron chi connectivity index (χ1n) is 5.45. The van der Waals surface area contributed by atoms with Crippen molar-refractivity contribution in [1.29, 1.82) is 0 Å². The first-order valence-corrected chi connectivity index (χ1v) is 5.45. The summed E-state index contributed by atoms with van der Waals surface area (Å²) in [6.45, 7) is 0.578. The molecule has 0 aliphatic heterocycles. The number of phenolic OH excluding ortho intramolecular Hbond substituents is 1. The molecular formula is C12H15N3O3. The number of rotatable bonds is 4. The van der Waals surface area contributed by atoms with Crippen molar-refractivity contribution < 1.29 is 14.4 Å². The smallest absolute Gasteiger partial charge is 0.261 e. The Balaban J connectivity index is 2.34. The molecule has 6 nitrogen and oxygen atoms in total. The maximum atomic E-state index is 9.97. The van der Waals surface area contributed by atoms with Crippen molar-refractivity contribution in [3.8, 4) is 23.0 Å². The lowest BCUT2D eigenvalue weighted by Crippen LogP contribution is -2.11. The lowest BCUT2D eigenvalue weighted by molar-refractivity contribution is 0.362. The van der Waals surface area contributed by atoms with Crippen LogP contribution >= 0.6 is 0 Å². The van der Waals surface area contributed by atoms with Crippen LogP contribution in [0.5, 0.6) is 11.5 Å². The van der Waals surface area contributed by atoms with Gasteiger partial charge >= 0.3 is 0 Å². The molecule has 0 atom stereocenters. The van der Waals surface area contributed by atoms with Crippen molar-refractivity contribution >= 4 is 0 Å². The number of aromatic hydroxyl groups is 1. The van der Waals surface area contributed by atoms with E-state index in [9.17, 15) is 5.11 Å². The third kappa shape index (κ3) is 2.43. The predicted octanol–water partition coefficient (Wildman–Crippen LogP) is 1.51. The quantitative estimate of drug-likeness (QED) is 0.885. The molecule has 0 bridgehead atoms. The van der Waals surface area contributed by atoms with Gasteiger partial charge in [0, 0.05) is 0 Å². The topological polar surface area (TPSA) is 71.6 Å². The molecule has 0 amide bonds. The van der Waals surface area contributed by atoms with E-state index in [-0.39, 0.29) is 11.6 Å². The summed E-state index contributed by atoms with van der Waals surface area (Å²) in [4.78, 5) is 6.15. The van der Waals surface area contributed by atoms with Gasteiger partial charge in [-0.25, -0.2) is 0 Å². The minimum absolute atomic E-state index is 0.0000491. The van der Waals surface area contributed by atoms with E-state index >= 15 is 0 Å². The second kappa shape index (κ2) is 5.05. The SMILES string of the molecule is COc1cccc(-c2nc(CN(C)C)no2)c1O. The summed E-state index contributed by atoms with van der Waals surface area (Å²) in [5.41, 5.74) is 0.465. The molecule has 0 aliphatic rings. The predicted molar refractivity (Wildman–Crippen MR) is 65.3 cm³/mol. The monoisotopic (exact) mass is 249 g/mol. The molecule has 2 rings (SSSR count). The fraction of sp³-hybridized carbons (Fsp3) is 0.333. The number of nitrogens with zero attached hydrogens (tertiary/aromatic N) is 3. The number of hydrogen-bond acceptors (Lipinski definition) is 6. The molecule has 0 unspecified atom stereocenters. The van der Waals surface area contributed by atoms with Gasteiger partial charge < -0.3 is 19.3 Å². The van der Waals surface area contributed by atoms with Gasteiger partial charge in [-0.05, 0) is 26.2 Å². The molecule has 0 spiro atoms. The van der Waals surface area contributed by atoms with Crippen LogP contribution in [0.2, 0.25) is 0 Å². The van der Waals surface area contributed by atoms with Gasteiger partial charge in [-0.15, -0.1) is 0 Å². The van der Waals surface area contributed by atoms with E-state index in [0.717, 1.165) is 0 Å². The van der Waals surface area contributed by atoms with Crippen LogP contribution in [-0.2, 0) is 6.54 Å². The Hall–Kier alpha value is -2.08. The molecule has 18 heavy (non-hydrogen) atoms. The van der Waals surface area contributed by atoms with Crippen LogP contribution in [0.25, 0.3) is 11.5 Å². The van der Waals surface area contributed by atoms with Gasteiger partial charge in [0.05, 0.1) is 19.2 Å². The number of benzene rings is 1. The number of ether oxygens (including phenoxy) is 1.